The number of nitrogens with two attached hydrogens (primary N) is 1. The van der Waals surface area contributed by atoms with Crippen LogP contribution in [0.5, 0.6) is 11.5 Å². The minimum absolute atomic E-state index is 0.0162. The Morgan fingerprint density at radius 2 is 1.44 bits per heavy atom. The van der Waals surface area contributed by atoms with Crippen molar-refractivity contribution in [3.8, 4) is 17.6 Å². The van der Waals surface area contributed by atoms with Crippen LogP contribution in [0.4, 0.5) is 5.69 Å². The molecule has 9 nitrogen and oxygen atoms in total. The number of hydrogen-bond donors (Lipinski definition) is 1. The van der Waals surface area contributed by atoms with E-state index in [1.54, 1.807) is 44.6 Å². The van der Waals surface area contributed by atoms with Crippen LogP contribution < -0.4 is 20.1 Å². The van der Waals surface area contributed by atoms with E-state index in [0.717, 1.165) is 24.8 Å². The number of benzene rings is 2. The fourth-order valence-corrected chi connectivity index (χ4v) is 8.68. The molecule has 1 heterocycles. The fraction of sp³-hybridized carbons (Fsp3) is 0.441. The van der Waals surface area contributed by atoms with E-state index in [0.29, 0.717) is 40.5 Å². The van der Waals surface area contributed by atoms with Gasteiger partial charge in [0.2, 0.25) is 0 Å². The summed E-state index contributed by atoms with van der Waals surface area (Å²) >= 11 is 0. The second-order valence-corrected chi connectivity index (χ2v) is 12.3. The van der Waals surface area contributed by atoms with Gasteiger partial charge in [-0.25, -0.2) is 9.59 Å². The summed E-state index contributed by atoms with van der Waals surface area (Å²) in [5, 5.41) is 10.5. The maximum atomic E-state index is 13.8. The van der Waals surface area contributed by atoms with Gasteiger partial charge in [-0.3, -0.25) is 4.90 Å². The monoisotopic (exact) mass is 583 g/mol. The van der Waals surface area contributed by atoms with Gasteiger partial charge in [-0.1, -0.05) is 30.3 Å². The van der Waals surface area contributed by atoms with Crippen LogP contribution in [0.25, 0.3) is 0 Å². The molecule has 1 atom stereocenters. The Kier molecular flexibility index (Phi) is 7.33. The Morgan fingerprint density at radius 3 is 1.95 bits per heavy atom. The molecule has 0 amide bonds. The molecule has 2 N–H and O–H groups in total. The van der Waals surface area contributed by atoms with Crippen LogP contribution in [-0.2, 0) is 24.5 Å². The first-order chi connectivity index (χ1) is 20.8. The van der Waals surface area contributed by atoms with E-state index in [9.17, 15) is 14.9 Å². The molecule has 2 aromatic rings. The average molecular weight is 584 g/mol. The van der Waals surface area contributed by atoms with Crippen LogP contribution in [0.15, 0.2) is 65.1 Å². The molecule has 0 radical (unpaired) electrons. The number of carbonyl (C=O) groups excluding carboxylic acids is 2. The lowest BCUT2D eigenvalue weighted by molar-refractivity contribution is -0.139. The molecule has 0 aromatic heterocycles. The van der Waals surface area contributed by atoms with Gasteiger partial charge >= 0.3 is 11.9 Å². The Balaban J connectivity index is 1.67. The first kappa shape index (κ1) is 28.7. The summed E-state index contributed by atoms with van der Waals surface area (Å²) in [5.74, 6) is 0.459. The first-order valence-electron chi connectivity index (χ1n) is 14.7. The number of methoxy groups -OCH3 is 4. The maximum absolute atomic E-state index is 13.8. The predicted molar refractivity (Wildman–Crippen MR) is 159 cm³/mol. The van der Waals surface area contributed by atoms with E-state index < -0.39 is 17.9 Å². The van der Waals surface area contributed by atoms with Crippen LogP contribution in [0.2, 0.25) is 0 Å². The van der Waals surface area contributed by atoms with Crippen molar-refractivity contribution < 1.29 is 28.5 Å². The number of hydrogen-bond acceptors (Lipinski definition) is 9. The van der Waals surface area contributed by atoms with Crippen molar-refractivity contribution in [1.29, 1.82) is 5.26 Å². The Morgan fingerprint density at radius 1 is 0.884 bits per heavy atom. The zero-order valence-corrected chi connectivity index (χ0v) is 25.0. The van der Waals surface area contributed by atoms with E-state index in [2.05, 4.69) is 6.07 Å². The van der Waals surface area contributed by atoms with Crippen LogP contribution >= 0.6 is 0 Å². The van der Waals surface area contributed by atoms with Crippen molar-refractivity contribution in [3.63, 3.8) is 0 Å². The summed E-state index contributed by atoms with van der Waals surface area (Å²) in [6, 6.07) is 15.1. The zero-order valence-electron chi connectivity index (χ0n) is 25.0. The molecule has 1 unspecified atom stereocenters. The quantitative estimate of drug-likeness (QED) is 0.445. The van der Waals surface area contributed by atoms with E-state index >= 15 is 0 Å². The third-order valence-electron chi connectivity index (χ3n) is 9.96. The SMILES string of the molecule is COC(=O)C1=C(C(=O)OC)N(c2cc(OC)c(OC)cc2C23CC4CC(CC(C4)C2)C3)C(N)=C(C#N)C1c1ccccc1. The molecule has 224 valence electrons. The third kappa shape index (κ3) is 4.51. The summed E-state index contributed by atoms with van der Waals surface area (Å²) in [4.78, 5) is 28.9. The van der Waals surface area contributed by atoms with Gasteiger partial charge in [0, 0.05) is 6.07 Å². The highest BCUT2D eigenvalue weighted by Crippen LogP contribution is 2.63. The number of carbonyl (C=O) groups is 2. The van der Waals surface area contributed by atoms with Crippen LogP contribution in [0.1, 0.15) is 55.6 Å². The minimum atomic E-state index is -0.938. The van der Waals surface area contributed by atoms with Crippen LogP contribution in [0, 0.1) is 29.1 Å². The fourth-order valence-electron chi connectivity index (χ4n) is 8.68. The number of rotatable bonds is 7. The average Bonchev–Trinajstić information content (AvgIpc) is 3.02. The van der Waals surface area contributed by atoms with E-state index in [1.807, 2.05) is 12.1 Å². The van der Waals surface area contributed by atoms with Gasteiger partial charge in [0.05, 0.1) is 57.3 Å². The lowest BCUT2D eigenvalue weighted by Gasteiger charge is -2.57. The number of allylic oxidation sites excluding steroid dienone is 1. The van der Waals surface area contributed by atoms with Crippen LogP contribution in [-0.4, -0.2) is 40.4 Å². The predicted octanol–water partition coefficient (Wildman–Crippen LogP) is 5.07. The highest BCUT2D eigenvalue weighted by Gasteiger charge is 2.54. The van der Waals surface area contributed by atoms with Gasteiger partial charge < -0.3 is 24.7 Å². The van der Waals surface area contributed by atoms with E-state index in [1.165, 1.54) is 38.4 Å². The molecular formula is C34H37N3O6. The summed E-state index contributed by atoms with van der Waals surface area (Å²) in [5.41, 5.74) is 8.92. The Labute approximate surface area is 251 Å². The van der Waals surface area contributed by atoms with Gasteiger partial charge in [-0.2, -0.15) is 5.26 Å². The molecule has 4 fully saturated rings. The molecule has 5 aliphatic rings. The molecule has 4 bridgehead atoms. The van der Waals surface area contributed by atoms with Crippen molar-refractivity contribution in [2.45, 2.75) is 49.9 Å². The lowest BCUT2D eigenvalue weighted by Crippen LogP contribution is -2.49. The zero-order chi connectivity index (χ0) is 30.5. The molecule has 43 heavy (non-hydrogen) atoms. The normalized spacial score (nSPS) is 27.6. The summed E-state index contributed by atoms with van der Waals surface area (Å²) in [6.07, 6.45) is 6.76. The van der Waals surface area contributed by atoms with E-state index in [-0.39, 0.29) is 28.1 Å². The minimum Gasteiger partial charge on any atom is -0.493 e. The molecule has 0 saturated heterocycles. The number of esters is 2. The standard InChI is InChI=1S/C34H37N3O6/c1-40-26-13-24(34-15-19-10-20(16-34)12-21(11-19)17-34)25(14-27(26)41-2)37-30(33(39)43-4)29(32(38)42-3)28(23(18-35)31(37)36)22-8-6-5-7-9-22/h5-9,13-14,19-21,28H,10-12,15-17,36H2,1-4H3. The second kappa shape index (κ2) is 11.0. The molecule has 9 heteroatoms. The highest BCUT2D eigenvalue weighted by atomic mass is 16.5. The molecule has 4 aliphatic carbocycles. The van der Waals surface area contributed by atoms with Crippen molar-refractivity contribution in [3.05, 3.63) is 76.3 Å². The van der Waals surface area contributed by atoms with Gasteiger partial charge in [0.15, 0.2) is 11.5 Å². The molecule has 4 saturated carbocycles. The second-order valence-electron chi connectivity index (χ2n) is 12.3. The molecule has 7 rings (SSSR count). The maximum Gasteiger partial charge on any atom is 0.355 e. The van der Waals surface area contributed by atoms with Crippen molar-refractivity contribution in [1.82, 2.24) is 0 Å². The number of nitriles is 1. The summed E-state index contributed by atoms with van der Waals surface area (Å²) < 4.78 is 22.1. The van der Waals surface area contributed by atoms with Crippen LogP contribution in [0.3, 0.4) is 0 Å². The van der Waals surface area contributed by atoms with Crippen molar-refractivity contribution >= 4 is 17.6 Å². The van der Waals surface area contributed by atoms with Gasteiger partial charge in [0.1, 0.15) is 11.5 Å². The topological polar surface area (TPSA) is 124 Å². The lowest BCUT2D eigenvalue weighted by atomic mass is 9.48. The van der Waals surface area contributed by atoms with Crippen molar-refractivity contribution in [2.75, 3.05) is 33.3 Å². The first-order valence-corrected chi connectivity index (χ1v) is 14.7. The number of nitrogens with zero attached hydrogens (tertiary/aromatic N) is 2. The summed E-state index contributed by atoms with van der Waals surface area (Å²) in [7, 11) is 5.66. The summed E-state index contributed by atoms with van der Waals surface area (Å²) in [6.45, 7) is 0. The van der Waals surface area contributed by atoms with E-state index in [4.69, 9.17) is 24.7 Å². The molecule has 0 spiro atoms. The van der Waals surface area contributed by atoms with Gasteiger partial charge in [0.25, 0.3) is 0 Å². The highest BCUT2D eigenvalue weighted by molar-refractivity contribution is 6.06. The van der Waals surface area contributed by atoms with Gasteiger partial charge in [-0.15, -0.1) is 0 Å². The largest absolute Gasteiger partial charge is 0.493 e. The third-order valence-corrected chi connectivity index (χ3v) is 9.96. The van der Waals surface area contributed by atoms with Gasteiger partial charge in [-0.05, 0) is 78.9 Å². The smallest absolute Gasteiger partial charge is 0.355 e. The molecular weight excluding hydrogens is 546 g/mol. The Bertz CT molecular complexity index is 1540. The van der Waals surface area contributed by atoms with Crippen molar-refractivity contribution in [2.24, 2.45) is 23.5 Å². The molecule has 2 aromatic carbocycles. The number of ether oxygens (including phenoxy) is 4. The number of anilines is 1. The molecule has 1 aliphatic heterocycles. The Hall–Kier alpha value is -4.45.